The highest BCUT2D eigenvalue weighted by Crippen LogP contribution is 2.40. The Morgan fingerprint density at radius 1 is 1.18 bits per heavy atom. The number of H-pyrrole nitrogens is 1. The molecule has 8 radical (unpaired) electrons. The van der Waals surface area contributed by atoms with Crippen LogP contribution in [0.3, 0.4) is 0 Å². The number of nitrogens with one attached hydrogen (secondary N) is 1. The number of hydrogen-bond donors (Lipinski definition) is 1. The summed E-state index contributed by atoms with van der Waals surface area (Å²) in [7, 11) is 31.8. The SMILES string of the molecule is [B]C([B])(C(C)C(=O)Oc1cccc2[nH]cc(CCN(C)C)c12)C([B])([B])N(C)C. The zero-order valence-corrected chi connectivity index (χ0v) is 17.3. The Labute approximate surface area is 173 Å². The van der Waals surface area contributed by atoms with Crippen LogP contribution in [0.2, 0.25) is 5.21 Å². The topological polar surface area (TPSA) is 48.6 Å². The van der Waals surface area contributed by atoms with Crippen LogP contribution >= 0.6 is 0 Å². The Balaban J connectivity index is 2.31. The first kappa shape index (κ1) is 22.7. The molecule has 28 heavy (non-hydrogen) atoms. The standard InChI is InChI=1S/C19H25B4N3O2/c1-12(18(20,21)19(22,23)26(4)5)17(27)28-15-8-6-7-14-16(15)13(11-24-14)9-10-25(2)3/h6-8,11-12,24H,9-10H2,1-5H3. The normalized spacial score (nSPS) is 14.0. The van der Waals surface area contributed by atoms with Crippen LogP contribution in [0.5, 0.6) is 5.75 Å². The van der Waals surface area contributed by atoms with Crippen molar-refractivity contribution in [2.75, 3.05) is 34.7 Å². The Morgan fingerprint density at radius 3 is 2.39 bits per heavy atom. The molecule has 1 atom stereocenters. The summed E-state index contributed by atoms with van der Waals surface area (Å²) in [5, 5.41) is -2.46. The van der Waals surface area contributed by atoms with E-state index in [2.05, 4.69) is 9.88 Å². The van der Waals surface area contributed by atoms with Gasteiger partial charge in [-0.2, -0.15) is 0 Å². The van der Waals surface area contributed by atoms with Gasteiger partial charge in [0, 0.05) is 29.6 Å². The van der Waals surface area contributed by atoms with Crippen molar-refractivity contribution < 1.29 is 9.53 Å². The highest BCUT2D eigenvalue weighted by atomic mass is 16.5. The van der Waals surface area contributed by atoms with Gasteiger partial charge in [-0.3, -0.25) is 4.79 Å². The number of nitrogens with zero attached hydrogens (tertiary/aromatic N) is 2. The number of carbonyl (C=O) groups is 1. The minimum Gasteiger partial charge on any atom is -0.426 e. The largest absolute Gasteiger partial charge is 0.426 e. The summed E-state index contributed by atoms with van der Waals surface area (Å²) in [6, 6.07) is 5.50. The zero-order chi connectivity index (χ0) is 21.3. The van der Waals surface area contributed by atoms with Crippen LogP contribution in [-0.4, -0.2) is 92.2 Å². The first-order valence-electron chi connectivity index (χ1n) is 9.18. The fraction of sp³-hybridized carbons (Fsp3) is 0.526. The molecule has 1 unspecified atom stereocenters. The second-order valence-electron chi connectivity index (χ2n) is 7.84. The third-order valence-corrected chi connectivity index (χ3v) is 5.29. The molecule has 9 heteroatoms. The van der Waals surface area contributed by atoms with E-state index in [1.807, 2.05) is 32.4 Å². The Bertz CT molecular complexity index is 834. The van der Waals surface area contributed by atoms with Gasteiger partial charge in [-0.25, -0.2) is 0 Å². The zero-order valence-electron chi connectivity index (χ0n) is 17.3. The summed E-state index contributed by atoms with van der Waals surface area (Å²) in [6.45, 7) is 2.43. The number of benzene rings is 1. The van der Waals surface area contributed by atoms with E-state index in [9.17, 15) is 4.79 Å². The molecule has 0 bridgehead atoms. The highest BCUT2D eigenvalue weighted by Gasteiger charge is 2.44. The summed E-state index contributed by atoms with van der Waals surface area (Å²) in [4.78, 5) is 19.6. The molecule has 140 valence electrons. The van der Waals surface area contributed by atoms with Crippen molar-refractivity contribution in [1.29, 1.82) is 0 Å². The average molecular weight is 371 g/mol. The smallest absolute Gasteiger partial charge is 0.313 e. The number of esters is 1. The molecular weight excluding hydrogens is 345 g/mol. The maximum atomic E-state index is 12.8. The lowest BCUT2D eigenvalue weighted by Crippen LogP contribution is -2.59. The fourth-order valence-electron chi connectivity index (χ4n) is 2.97. The van der Waals surface area contributed by atoms with Gasteiger partial charge in [0.15, 0.2) is 0 Å². The number of ether oxygens (including phenoxy) is 1. The number of aromatic amines is 1. The van der Waals surface area contributed by atoms with E-state index in [0.717, 1.165) is 29.4 Å². The van der Waals surface area contributed by atoms with Crippen molar-refractivity contribution in [2.45, 2.75) is 23.9 Å². The Kier molecular flexibility index (Phi) is 6.82. The van der Waals surface area contributed by atoms with Crippen LogP contribution in [-0.2, 0) is 11.2 Å². The number of rotatable bonds is 8. The second-order valence-corrected chi connectivity index (χ2v) is 7.84. The molecule has 1 heterocycles. The van der Waals surface area contributed by atoms with E-state index in [1.165, 1.54) is 4.90 Å². The van der Waals surface area contributed by atoms with Gasteiger partial charge in [0.25, 0.3) is 0 Å². The van der Waals surface area contributed by atoms with Gasteiger partial charge in [-0.1, -0.05) is 23.5 Å². The molecular formula is C19H25B4N3O2. The number of hydrogen-bond acceptors (Lipinski definition) is 4. The first-order valence-corrected chi connectivity index (χ1v) is 9.18. The molecule has 0 aliphatic rings. The Hall–Kier alpha value is -1.59. The summed E-state index contributed by atoms with van der Waals surface area (Å²) in [5.41, 5.74) is 1.95. The summed E-state index contributed by atoms with van der Waals surface area (Å²) >= 11 is 0. The molecule has 0 aliphatic heterocycles. The molecule has 0 aliphatic carbocycles. The van der Waals surface area contributed by atoms with Crippen LogP contribution < -0.4 is 4.74 Å². The predicted molar refractivity (Wildman–Crippen MR) is 117 cm³/mol. The molecule has 5 nitrogen and oxygen atoms in total. The van der Waals surface area contributed by atoms with E-state index in [4.69, 9.17) is 36.1 Å². The van der Waals surface area contributed by atoms with Crippen LogP contribution in [0, 0.1) is 5.92 Å². The minimum absolute atomic E-state index is 0.449. The lowest BCUT2D eigenvalue weighted by Gasteiger charge is -2.51. The molecule has 0 saturated heterocycles. The van der Waals surface area contributed by atoms with Gasteiger partial charge < -0.3 is 19.5 Å². The van der Waals surface area contributed by atoms with Crippen LogP contribution in [0.4, 0.5) is 0 Å². The number of aromatic nitrogens is 1. The van der Waals surface area contributed by atoms with Crippen LogP contribution in [0.25, 0.3) is 10.9 Å². The third-order valence-electron chi connectivity index (χ3n) is 5.29. The Morgan fingerprint density at radius 2 is 1.82 bits per heavy atom. The van der Waals surface area contributed by atoms with Crippen molar-refractivity contribution in [3.05, 3.63) is 30.0 Å². The lowest BCUT2D eigenvalue weighted by molar-refractivity contribution is -0.139. The average Bonchev–Trinajstić information content (AvgIpc) is 3.03. The molecule has 1 aromatic heterocycles. The predicted octanol–water partition coefficient (Wildman–Crippen LogP) is 0.819. The third kappa shape index (κ3) is 4.36. The van der Waals surface area contributed by atoms with Crippen molar-refractivity contribution in [3.8, 4) is 5.75 Å². The van der Waals surface area contributed by atoms with Gasteiger partial charge >= 0.3 is 5.97 Å². The van der Waals surface area contributed by atoms with Gasteiger partial charge in [-0.15, -0.1) is 0 Å². The monoisotopic (exact) mass is 371 g/mol. The van der Waals surface area contributed by atoms with E-state index in [0.29, 0.717) is 5.75 Å². The van der Waals surface area contributed by atoms with Gasteiger partial charge in [-0.05, 0) is 52.3 Å². The number of carbonyl (C=O) groups excluding carboxylic acids is 1. The molecule has 0 fully saturated rings. The van der Waals surface area contributed by atoms with E-state index < -0.39 is 22.4 Å². The lowest BCUT2D eigenvalue weighted by atomic mass is 9.30. The highest BCUT2D eigenvalue weighted by molar-refractivity contribution is 6.55. The van der Waals surface area contributed by atoms with Crippen molar-refractivity contribution in [3.63, 3.8) is 0 Å². The van der Waals surface area contributed by atoms with E-state index in [1.54, 1.807) is 27.1 Å². The molecule has 0 saturated carbocycles. The van der Waals surface area contributed by atoms with E-state index in [-0.39, 0.29) is 0 Å². The molecule has 0 spiro atoms. The molecule has 1 aromatic carbocycles. The molecule has 1 N–H and O–H groups in total. The minimum atomic E-state index is -1.71. The fourth-order valence-corrected chi connectivity index (χ4v) is 2.97. The van der Waals surface area contributed by atoms with Crippen LogP contribution in [0.15, 0.2) is 24.4 Å². The summed E-state index contributed by atoms with van der Waals surface area (Å²) < 4.78 is 5.69. The molecule has 0 amide bonds. The van der Waals surface area contributed by atoms with Crippen LogP contribution in [0.1, 0.15) is 12.5 Å². The van der Waals surface area contributed by atoms with Crippen molar-refractivity contribution in [1.82, 2.24) is 14.8 Å². The maximum Gasteiger partial charge on any atom is 0.313 e. The van der Waals surface area contributed by atoms with Crippen molar-refractivity contribution >= 4 is 48.3 Å². The second kappa shape index (κ2) is 8.42. The van der Waals surface area contributed by atoms with Gasteiger partial charge in [0.05, 0.1) is 31.4 Å². The van der Waals surface area contributed by atoms with E-state index >= 15 is 0 Å². The number of likely N-dealkylation sites (N-methyl/N-ethyl adjacent to an activating group) is 1. The van der Waals surface area contributed by atoms with Gasteiger partial charge in [0.2, 0.25) is 0 Å². The molecule has 2 aromatic rings. The summed E-state index contributed by atoms with van der Waals surface area (Å²) in [6.07, 6.45) is 2.74. The first-order chi connectivity index (χ1) is 12.9. The van der Waals surface area contributed by atoms with Crippen molar-refractivity contribution in [2.24, 2.45) is 5.92 Å². The number of fused-ring (bicyclic) bond motifs is 1. The molecule has 2 rings (SSSR count). The van der Waals surface area contributed by atoms with Gasteiger partial charge in [0.1, 0.15) is 5.75 Å². The quantitative estimate of drug-likeness (QED) is 0.425. The maximum absolute atomic E-state index is 12.8. The summed E-state index contributed by atoms with van der Waals surface area (Å²) in [5.74, 6) is -1.10.